The molecule has 0 radical (unpaired) electrons. The molecular weight excluding hydrogens is 451 g/mol. The van der Waals surface area contributed by atoms with E-state index in [1.165, 1.54) is 0 Å². The van der Waals surface area contributed by atoms with Crippen molar-refractivity contribution < 1.29 is 18.7 Å². The van der Waals surface area contributed by atoms with Gasteiger partial charge in [-0.2, -0.15) is 0 Å². The molecule has 148 valence electrons. The molecule has 8 nitrogen and oxygen atoms in total. The zero-order valence-corrected chi connectivity index (χ0v) is 17.5. The van der Waals surface area contributed by atoms with Crippen LogP contribution in [0.2, 0.25) is 0 Å². The van der Waals surface area contributed by atoms with E-state index in [9.17, 15) is 4.79 Å². The molecule has 1 amide bonds. The summed E-state index contributed by atoms with van der Waals surface area (Å²) in [7, 11) is 0. The highest BCUT2D eigenvalue weighted by Crippen LogP contribution is 2.07. The predicted molar refractivity (Wildman–Crippen MR) is 110 cm³/mol. The Balaban J connectivity index is 0.00000338. The van der Waals surface area contributed by atoms with Crippen molar-refractivity contribution in [3.63, 3.8) is 0 Å². The number of hydrogen-bond acceptors (Lipinski definition) is 5. The van der Waals surface area contributed by atoms with Crippen LogP contribution in [0.25, 0.3) is 0 Å². The number of nitrogens with zero attached hydrogens (tertiary/aromatic N) is 1. The maximum atomic E-state index is 11.8. The molecule has 1 unspecified atom stereocenters. The summed E-state index contributed by atoms with van der Waals surface area (Å²) in [5.41, 5.74) is 0. The lowest BCUT2D eigenvalue weighted by Crippen LogP contribution is -2.39. The molecule has 0 bridgehead atoms. The van der Waals surface area contributed by atoms with Gasteiger partial charge in [-0.15, -0.1) is 24.0 Å². The van der Waals surface area contributed by atoms with E-state index in [4.69, 9.17) is 13.9 Å². The molecule has 1 aromatic rings. The normalized spacial score (nSPS) is 16.8. The first-order valence-electron chi connectivity index (χ1n) is 8.78. The number of amides is 1. The lowest BCUT2D eigenvalue weighted by Gasteiger charge is -2.12. The Bertz CT molecular complexity index is 519. The fourth-order valence-corrected chi connectivity index (χ4v) is 2.32. The fraction of sp³-hybridized carbons (Fsp3) is 0.647. The van der Waals surface area contributed by atoms with E-state index in [1.54, 1.807) is 12.3 Å². The van der Waals surface area contributed by atoms with Crippen LogP contribution in [0.5, 0.6) is 0 Å². The van der Waals surface area contributed by atoms with Crippen LogP contribution in [-0.4, -0.2) is 57.4 Å². The van der Waals surface area contributed by atoms with Crippen LogP contribution in [-0.2, 0) is 20.8 Å². The van der Waals surface area contributed by atoms with E-state index in [1.807, 2.05) is 13.0 Å². The van der Waals surface area contributed by atoms with Gasteiger partial charge in [0.05, 0.1) is 25.5 Å². The van der Waals surface area contributed by atoms with E-state index < -0.39 is 0 Å². The van der Waals surface area contributed by atoms with Crippen molar-refractivity contribution >= 4 is 35.8 Å². The summed E-state index contributed by atoms with van der Waals surface area (Å²) in [6.45, 7) is 6.05. The van der Waals surface area contributed by atoms with Gasteiger partial charge in [0.1, 0.15) is 12.3 Å². The molecule has 3 N–H and O–H groups in total. The molecule has 1 saturated heterocycles. The summed E-state index contributed by atoms with van der Waals surface area (Å²) in [4.78, 5) is 16.1. The number of carbonyl (C=O) groups is 1. The van der Waals surface area contributed by atoms with Gasteiger partial charge in [0.25, 0.3) is 0 Å². The number of furan rings is 1. The van der Waals surface area contributed by atoms with Crippen molar-refractivity contribution in [2.75, 3.05) is 39.5 Å². The third kappa shape index (κ3) is 9.39. The van der Waals surface area contributed by atoms with Gasteiger partial charge >= 0.3 is 0 Å². The fourth-order valence-electron chi connectivity index (χ4n) is 2.32. The number of hydrogen-bond donors (Lipinski definition) is 3. The summed E-state index contributed by atoms with van der Waals surface area (Å²) in [5.74, 6) is 1.19. The molecule has 0 aliphatic carbocycles. The summed E-state index contributed by atoms with van der Waals surface area (Å²) >= 11 is 0. The number of guanidine groups is 1. The Kier molecular flexibility index (Phi) is 12.1. The second kappa shape index (κ2) is 13.8. The van der Waals surface area contributed by atoms with Gasteiger partial charge in [0.2, 0.25) is 5.91 Å². The second-order valence-electron chi connectivity index (χ2n) is 5.69. The van der Waals surface area contributed by atoms with Gasteiger partial charge in [0.15, 0.2) is 5.96 Å². The van der Waals surface area contributed by atoms with Crippen LogP contribution in [0.3, 0.4) is 0 Å². The zero-order valence-electron chi connectivity index (χ0n) is 15.2. The van der Waals surface area contributed by atoms with E-state index in [2.05, 4.69) is 20.9 Å². The molecule has 0 spiro atoms. The maximum Gasteiger partial charge on any atom is 0.242 e. The minimum absolute atomic E-state index is 0. The Morgan fingerprint density at radius 1 is 1.38 bits per heavy atom. The Labute approximate surface area is 171 Å². The molecule has 1 atom stereocenters. The highest BCUT2D eigenvalue weighted by Gasteiger charge is 2.15. The number of nitrogens with one attached hydrogen (secondary N) is 3. The van der Waals surface area contributed by atoms with Crippen LogP contribution in [0.1, 0.15) is 25.5 Å². The van der Waals surface area contributed by atoms with Gasteiger partial charge < -0.3 is 29.8 Å². The summed E-state index contributed by atoms with van der Waals surface area (Å²) in [5, 5.41) is 9.08. The largest absolute Gasteiger partial charge is 0.467 e. The van der Waals surface area contributed by atoms with Crippen LogP contribution in [0.15, 0.2) is 27.8 Å². The summed E-state index contributed by atoms with van der Waals surface area (Å²) < 4.78 is 16.1. The second-order valence-corrected chi connectivity index (χ2v) is 5.69. The van der Waals surface area contributed by atoms with Crippen LogP contribution in [0, 0.1) is 0 Å². The molecule has 0 aromatic carbocycles. The number of aliphatic imine (C=N–C) groups is 1. The molecule has 1 aliphatic heterocycles. The molecule has 0 saturated carbocycles. The highest BCUT2D eigenvalue weighted by atomic mass is 127. The van der Waals surface area contributed by atoms with Crippen LogP contribution >= 0.6 is 24.0 Å². The van der Waals surface area contributed by atoms with E-state index >= 15 is 0 Å². The summed E-state index contributed by atoms with van der Waals surface area (Å²) in [6, 6.07) is 3.60. The minimum atomic E-state index is -0.154. The first-order chi connectivity index (χ1) is 12.3. The molecule has 1 aromatic heterocycles. The van der Waals surface area contributed by atoms with Crippen molar-refractivity contribution in [3.05, 3.63) is 24.2 Å². The summed E-state index contributed by atoms with van der Waals surface area (Å²) in [6.07, 6.45) is 3.66. The number of ether oxygens (including phenoxy) is 2. The topological polar surface area (TPSA) is 97.1 Å². The Morgan fingerprint density at radius 2 is 2.27 bits per heavy atom. The number of carbonyl (C=O) groups excluding carboxylic acids is 1. The molecule has 9 heteroatoms. The molecule has 1 fully saturated rings. The van der Waals surface area contributed by atoms with Crippen molar-refractivity contribution in [1.29, 1.82) is 0 Å². The highest BCUT2D eigenvalue weighted by molar-refractivity contribution is 14.0. The lowest BCUT2D eigenvalue weighted by molar-refractivity contribution is -0.119. The average molecular weight is 480 g/mol. The van der Waals surface area contributed by atoms with E-state index in [0.29, 0.717) is 25.7 Å². The van der Waals surface area contributed by atoms with Gasteiger partial charge in [-0.05, 0) is 31.9 Å². The monoisotopic (exact) mass is 480 g/mol. The average Bonchev–Trinajstić information content (AvgIpc) is 3.31. The van der Waals surface area contributed by atoms with Gasteiger partial charge in [-0.25, -0.2) is 4.99 Å². The predicted octanol–water partition coefficient (Wildman–Crippen LogP) is 1.26. The molecule has 2 heterocycles. The quantitative estimate of drug-likeness (QED) is 0.202. The lowest BCUT2D eigenvalue weighted by atomic mass is 10.3. The SMILES string of the molecule is CCNC(=NCC(=O)NCc1ccco1)NCCCOC1CCOC1.I. The Hall–Kier alpha value is -1.33. The van der Waals surface area contributed by atoms with Gasteiger partial charge in [-0.1, -0.05) is 0 Å². The van der Waals surface area contributed by atoms with Crippen LogP contribution in [0.4, 0.5) is 0 Å². The number of rotatable bonds is 10. The van der Waals surface area contributed by atoms with Crippen molar-refractivity contribution in [2.45, 2.75) is 32.4 Å². The third-order valence-corrected chi connectivity index (χ3v) is 3.62. The zero-order chi connectivity index (χ0) is 17.7. The minimum Gasteiger partial charge on any atom is -0.467 e. The first kappa shape index (κ1) is 22.7. The van der Waals surface area contributed by atoms with Crippen LogP contribution < -0.4 is 16.0 Å². The van der Waals surface area contributed by atoms with Gasteiger partial charge in [0, 0.05) is 26.3 Å². The Morgan fingerprint density at radius 3 is 2.96 bits per heavy atom. The molecule has 1 aliphatic rings. The van der Waals surface area contributed by atoms with Crippen molar-refractivity contribution in [3.8, 4) is 0 Å². The van der Waals surface area contributed by atoms with Gasteiger partial charge in [-0.3, -0.25) is 4.79 Å². The smallest absolute Gasteiger partial charge is 0.242 e. The molecule has 2 rings (SSSR count). The first-order valence-corrected chi connectivity index (χ1v) is 8.78. The molecular formula is C17H29IN4O4. The number of halogens is 1. The van der Waals surface area contributed by atoms with E-state index in [-0.39, 0.29) is 42.5 Å². The van der Waals surface area contributed by atoms with Crippen molar-refractivity contribution in [1.82, 2.24) is 16.0 Å². The molecule has 26 heavy (non-hydrogen) atoms. The third-order valence-electron chi connectivity index (χ3n) is 3.62. The van der Waals surface area contributed by atoms with Crippen molar-refractivity contribution in [2.24, 2.45) is 4.99 Å². The standard InChI is InChI=1S/C17H28N4O4.HI/c1-2-18-17(19-7-4-9-25-15-6-10-23-13-15)21-12-16(22)20-11-14-5-3-8-24-14;/h3,5,8,15H,2,4,6-7,9-13H2,1H3,(H,20,22)(H2,18,19,21);1H. The maximum absolute atomic E-state index is 11.8. The van der Waals surface area contributed by atoms with E-state index in [0.717, 1.165) is 38.3 Å².